The predicted octanol–water partition coefficient (Wildman–Crippen LogP) is 4.63. The standard InChI is InChI=1S/C24H24FN3O/c1-16-2-7-21-18(10-16)11-26-28(21)15-23-12-24(13-23,14-23)22(29)27-9-8-20(27)17-3-5-19(25)6-4-17/h2-7,10-11,20H,8-9,12-15H2,1H3. The smallest absolute Gasteiger partial charge is 0.229 e. The van der Waals surface area contributed by atoms with Crippen LogP contribution < -0.4 is 0 Å². The molecule has 0 spiro atoms. The molecule has 148 valence electrons. The highest BCUT2D eigenvalue weighted by molar-refractivity contribution is 5.87. The van der Waals surface area contributed by atoms with Crippen molar-refractivity contribution in [3.63, 3.8) is 0 Å². The molecule has 5 heteroatoms. The minimum absolute atomic E-state index is 0.117. The number of rotatable bonds is 4. The van der Waals surface area contributed by atoms with Gasteiger partial charge in [0.05, 0.1) is 23.2 Å². The summed E-state index contributed by atoms with van der Waals surface area (Å²) in [4.78, 5) is 15.3. The molecule has 1 aromatic heterocycles. The van der Waals surface area contributed by atoms with E-state index in [4.69, 9.17) is 0 Å². The molecule has 1 unspecified atom stereocenters. The zero-order valence-electron chi connectivity index (χ0n) is 16.6. The highest BCUT2D eigenvalue weighted by Gasteiger charge is 2.72. The molecule has 1 amide bonds. The highest BCUT2D eigenvalue weighted by Crippen LogP contribution is 2.75. The lowest BCUT2D eigenvalue weighted by Crippen LogP contribution is -2.70. The molecule has 29 heavy (non-hydrogen) atoms. The fourth-order valence-electron chi connectivity index (χ4n) is 6.01. The molecule has 4 aliphatic rings. The number of hydrogen-bond acceptors (Lipinski definition) is 2. The second-order valence-electron chi connectivity index (χ2n) is 9.53. The van der Waals surface area contributed by atoms with Crippen LogP contribution in [0.25, 0.3) is 10.9 Å². The van der Waals surface area contributed by atoms with E-state index in [0.29, 0.717) is 5.91 Å². The summed E-state index contributed by atoms with van der Waals surface area (Å²) in [5, 5.41) is 5.79. The second-order valence-corrected chi connectivity index (χ2v) is 9.53. The van der Waals surface area contributed by atoms with E-state index in [1.165, 1.54) is 28.6 Å². The third-order valence-electron chi connectivity index (χ3n) is 7.41. The third-order valence-corrected chi connectivity index (χ3v) is 7.41. The van der Waals surface area contributed by atoms with Crippen molar-refractivity contribution in [2.75, 3.05) is 6.54 Å². The molecular formula is C24H24FN3O. The predicted molar refractivity (Wildman–Crippen MR) is 109 cm³/mol. The molecule has 4 fully saturated rings. The van der Waals surface area contributed by atoms with Crippen LogP contribution in [0.5, 0.6) is 0 Å². The Balaban J connectivity index is 1.14. The number of amides is 1. The molecule has 7 rings (SSSR count). The number of benzene rings is 2. The number of hydrogen-bond donors (Lipinski definition) is 0. The molecule has 2 bridgehead atoms. The Morgan fingerprint density at radius 3 is 2.62 bits per heavy atom. The Kier molecular flexibility index (Phi) is 3.37. The van der Waals surface area contributed by atoms with Crippen molar-refractivity contribution in [3.05, 3.63) is 65.6 Å². The SMILES string of the molecule is Cc1ccc2c(cnn2CC23CC(C(=O)N4CCC4c4ccc(F)cc4)(C2)C3)c1. The van der Waals surface area contributed by atoms with Gasteiger partial charge in [-0.1, -0.05) is 23.8 Å². The number of fused-ring (bicyclic) bond motifs is 1. The van der Waals surface area contributed by atoms with E-state index in [1.54, 1.807) is 0 Å². The van der Waals surface area contributed by atoms with Gasteiger partial charge in [-0.2, -0.15) is 5.10 Å². The number of nitrogens with zero attached hydrogens (tertiary/aromatic N) is 3. The Hall–Kier alpha value is -2.69. The zero-order valence-corrected chi connectivity index (χ0v) is 16.6. The van der Waals surface area contributed by atoms with Gasteiger partial charge in [-0.25, -0.2) is 4.39 Å². The Morgan fingerprint density at radius 2 is 1.93 bits per heavy atom. The number of likely N-dealkylation sites (tertiary alicyclic amines) is 1. The number of aromatic nitrogens is 2. The Morgan fingerprint density at radius 1 is 1.17 bits per heavy atom. The van der Waals surface area contributed by atoms with Crippen molar-refractivity contribution in [3.8, 4) is 0 Å². The molecular weight excluding hydrogens is 365 g/mol. The quantitative estimate of drug-likeness (QED) is 0.653. The average molecular weight is 389 g/mol. The molecule has 1 saturated heterocycles. The van der Waals surface area contributed by atoms with Gasteiger partial charge in [-0.05, 0) is 67.9 Å². The monoisotopic (exact) mass is 389 g/mol. The van der Waals surface area contributed by atoms with Gasteiger partial charge in [-0.3, -0.25) is 9.48 Å². The van der Waals surface area contributed by atoms with Crippen LogP contribution in [0, 0.1) is 23.6 Å². The van der Waals surface area contributed by atoms with Gasteiger partial charge in [0.25, 0.3) is 0 Å². The van der Waals surface area contributed by atoms with Crippen molar-refractivity contribution in [1.82, 2.24) is 14.7 Å². The van der Waals surface area contributed by atoms with Crippen molar-refractivity contribution in [1.29, 1.82) is 0 Å². The number of halogens is 1. The van der Waals surface area contributed by atoms with E-state index >= 15 is 0 Å². The van der Waals surface area contributed by atoms with Crippen molar-refractivity contribution >= 4 is 16.8 Å². The zero-order chi connectivity index (χ0) is 19.8. The van der Waals surface area contributed by atoms with E-state index in [9.17, 15) is 9.18 Å². The first-order chi connectivity index (χ1) is 14.0. The lowest BCUT2D eigenvalue weighted by atomic mass is 9.34. The lowest BCUT2D eigenvalue weighted by Gasteiger charge is -2.70. The molecule has 1 atom stereocenters. The van der Waals surface area contributed by atoms with Gasteiger partial charge in [0.1, 0.15) is 5.82 Å². The van der Waals surface area contributed by atoms with Crippen LogP contribution in [0.4, 0.5) is 4.39 Å². The minimum atomic E-state index is -0.228. The van der Waals surface area contributed by atoms with E-state index in [2.05, 4.69) is 34.9 Å². The first-order valence-corrected chi connectivity index (χ1v) is 10.5. The summed E-state index contributed by atoms with van der Waals surface area (Å²) < 4.78 is 15.3. The van der Waals surface area contributed by atoms with Crippen LogP contribution in [0.15, 0.2) is 48.7 Å². The van der Waals surface area contributed by atoms with Crippen molar-refractivity contribution in [2.24, 2.45) is 10.8 Å². The van der Waals surface area contributed by atoms with Crippen LogP contribution in [0.3, 0.4) is 0 Å². The van der Waals surface area contributed by atoms with Gasteiger partial charge >= 0.3 is 0 Å². The summed E-state index contributed by atoms with van der Waals surface area (Å²) in [6.45, 7) is 3.82. The maximum absolute atomic E-state index is 13.2. The largest absolute Gasteiger partial charge is 0.335 e. The molecule has 0 N–H and O–H groups in total. The molecule has 0 radical (unpaired) electrons. The highest BCUT2D eigenvalue weighted by atomic mass is 19.1. The van der Waals surface area contributed by atoms with Gasteiger partial charge in [-0.15, -0.1) is 0 Å². The molecule has 3 saturated carbocycles. The van der Waals surface area contributed by atoms with Gasteiger partial charge < -0.3 is 4.90 Å². The minimum Gasteiger partial charge on any atom is -0.335 e. The first-order valence-electron chi connectivity index (χ1n) is 10.5. The fourth-order valence-corrected chi connectivity index (χ4v) is 6.01. The van der Waals surface area contributed by atoms with Crippen LogP contribution in [-0.2, 0) is 11.3 Å². The molecule has 3 aromatic rings. The molecule has 2 aromatic carbocycles. The maximum atomic E-state index is 13.2. The molecule has 1 aliphatic heterocycles. The summed E-state index contributed by atoms with van der Waals surface area (Å²) in [7, 11) is 0. The average Bonchev–Trinajstić information content (AvgIpc) is 2.99. The van der Waals surface area contributed by atoms with E-state index in [-0.39, 0.29) is 22.7 Å². The van der Waals surface area contributed by atoms with Gasteiger partial charge in [0, 0.05) is 18.5 Å². The second kappa shape index (κ2) is 5.68. The summed E-state index contributed by atoms with van der Waals surface area (Å²) in [5.74, 6) is 0.0783. The first kappa shape index (κ1) is 17.2. The number of carbonyl (C=O) groups is 1. The number of aryl methyl sites for hydroxylation is 1. The van der Waals surface area contributed by atoms with Crippen LogP contribution in [0.2, 0.25) is 0 Å². The van der Waals surface area contributed by atoms with E-state index < -0.39 is 0 Å². The van der Waals surface area contributed by atoms with Crippen LogP contribution >= 0.6 is 0 Å². The van der Waals surface area contributed by atoms with Crippen molar-refractivity contribution in [2.45, 2.75) is 45.2 Å². The summed E-state index contributed by atoms with van der Waals surface area (Å²) >= 11 is 0. The third kappa shape index (κ3) is 2.42. The summed E-state index contributed by atoms with van der Waals surface area (Å²) in [6.07, 6.45) is 5.83. The molecule has 2 heterocycles. The lowest BCUT2D eigenvalue weighted by molar-refractivity contribution is -0.227. The van der Waals surface area contributed by atoms with Crippen LogP contribution in [0.1, 0.15) is 42.9 Å². The summed E-state index contributed by atoms with van der Waals surface area (Å²) in [6, 6.07) is 13.2. The molecule has 4 nitrogen and oxygen atoms in total. The van der Waals surface area contributed by atoms with E-state index in [1.807, 2.05) is 23.2 Å². The Labute approximate surface area is 169 Å². The maximum Gasteiger partial charge on any atom is 0.229 e. The van der Waals surface area contributed by atoms with Crippen LogP contribution in [-0.4, -0.2) is 27.1 Å². The van der Waals surface area contributed by atoms with E-state index in [0.717, 1.165) is 44.3 Å². The summed E-state index contributed by atoms with van der Waals surface area (Å²) in [5.41, 5.74) is 3.55. The van der Waals surface area contributed by atoms with Gasteiger partial charge in [0.15, 0.2) is 0 Å². The normalized spacial score (nSPS) is 29.9. The fraction of sp³-hybridized carbons (Fsp3) is 0.417. The van der Waals surface area contributed by atoms with Crippen molar-refractivity contribution < 1.29 is 9.18 Å². The number of carbonyl (C=O) groups excluding carboxylic acids is 1. The van der Waals surface area contributed by atoms with Gasteiger partial charge in [0.2, 0.25) is 5.91 Å². The Bertz CT molecular complexity index is 1110. The molecule has 3 aliphatic carbocycles. The topological polar surface area (TPSA) is 38.1 Å².